The molecule has 0 heteroatoms. The number of hydrogen-bond acceptors (Lipinski definition) is 0. The van der Waals surface area contributed by atoms with Gasteiger partial charge < -0.3 is 0 Å². The fourth-order valence-electron chi connectivity index (χ4n) is 1.62. The molecule has 74 valence electrons. The maximum atomic E-state index is 3.82. The summed E-state index contributed by atoms with van der Waals surface area (Å²) in [6, 6.07) is 0. The number of hydrogen-bond donors (Lipinski definition) is 0. The zero-order valence-corrected chi connectivity index (χ0v) is 9.48. The van der Waals surface area contributed by atoms with Crippen molar-refractivity contribution in [3.05, 3.63) is 35.5 Å². The van der Waals surface area contributed by atoms with Crippen LogP contribution in [0.15, 0.2) is 35.5 Å². The van der Waals surface area contributed by atoms with Gasteiger partial charge in [0.15, 0.2) is 0 Å². The summed E-state index contributed by atoms with van der Waals surface area (Å²) in [5.74, 6) is 0. The molecule has 0 saturated heterocycles. The van der Waals surface area contributed by atoms with Gasteiger partial charge in [0.25, 0.3) is 0 Å². The Bertz CT molecular complexity index is 216. The van der Waals surface area contributed by atoms with Crippen LogP contribution >= 0.6 is 0 Å². The Morgan fingerprint density at radius 2 is 1.92 bits per heavy atom. The van der Waals surface area contributed by atoms with Gasteiger partial charge in [-0.05, 0) is 43.4 Å². The van der Waals surface area contributed by atoms with Crippen molar-refractivity contribution in [2.75, 3.05) is 0 Å². The molecule has 0 N–H and O–H groups in total. The van der Waals surface area contributed by atoms with E-state index < -0.39 is 0 Å². The summed E-state index contributed by atoms with van der Waals surface area (Å²) in [6.07, 6.45) is 7.70. The lowest BCUT2D eigenvalue weighted by Gasteiger charge is -2.11. The highest BCUT2D eigenvalue weighted by Crippen LogP contribution is 2.22. The van der Waals surface area contributed by atoms with Gasteiger partial charge in [-0.2, -0.15) is 0 Å². The predicted molar refractivity (Wildman–Crippen MR) is 61.9 cm³/mol. The molecule has 0 bridgehead atoms. The molecular weight excluding hydrogens is 156 g/mol. The van der Waals surface area contributed by atoms with Crippen molar-refractivity contribution in [1.29, 1.82) is 0 Å². The van der Waals surface area contributed by atoms with E-state index in [1.165, 1.54) is 29.6 Å². The first-order valence-electron chi connectivity index (χ1n) is 5.18. The van der Waals surface area contributed by atoms with E-state index in [1.54, 1.807) is 0 Å². The van der Waals surface area contributed by atoms with Crippen LogP contribution in [0.25, 0.3) is 0 Å². The molecule has 0 nitrogen and oxygen atoms in total. The maximum Gasteiger partial charge on any atom is -0.0282 e. The first-order valence-corrected chi connectivity index (χ1v) is 5.18. The molecule has 0 atom stereocenters. The average Bonchev–Trinajstić information content (AvgIpc) is 2.17. The molecule has 0 amide bonds. The Hall–Kier alpha value is -0.780. The highest BCUT2D eigenvalue weighted by Gasteiger charge is 2.03. The normalized spacial score (nSPS) is 14.0. The van der Waals surface area contributed by atoms with Crippen molar-refractivity contribution in [1.82, 2.24) is 0 Å². The summed E-state index contributed by atoms with van der Waals surface area (Å²) in [6.45, 7) is 12.5. The topological polar surface area (TPSA) is 0 Å². The van der Waals surface area contributed by atoms with E-state index in [9.17, 15) is 0 Å². The molecule has 0 radical (unpaired) electrons. The minimum atomic E-state index is 1.11. The van der Waals surface area contributed by atoms with E-state index in [0.29, 0.717) is 0 Å². The molecule has 0 aliphatic heterocycles. The maximum absolute atomic E-state index is 3.82. The van der Waals surface area contributed by atoms with Gasteiger partial charge in [-0.15, -0.1) is 0 Å². The second kappa shape index (κ2) is 6.71. The minimum absolute atomic E-state index is 1.11. The van der Waals surface area contributed by atoms with E-state index in [2.05, 4.69) is 40.3 Å². The summed E-state index contributed by atoms with van der Waals surface area (Å²) in [5.41, 5.74) is 4.28. The van der Waals surface area contributed by atoms with Gasteiger partial charge in [-0.1, -0.05) is 39.0 Å². The van der Waals surface area contributed by atoms with Crippen molar-refractivity contribution in [2.45, 2.75) is 47.0 Å². The van der Waals surface area contributed by atoms with Crippen LogP contribution in [0, 0.1) is 0 Å². The molecule has 0 aliphatic rings. The molecule has 0 spiro atoms. The molecule has 0 heterocycles. The van der Waals surface area contributed by atoms with Gasteiger partial charge >= 0.3 is 0 Å². The number of allylic oxidation sites excluding steroid dienone is 5. The quantitative estimate of drug-likeness (QED) is 0.538. The van der Waals surface area contributed by atoms with Crippen molar-refractivity contribution >= 4 is 0 Å². The van der Waals surface area contributed by atoms with E-state index in [0.717, 1.165) is 6.42 Å². The van der Waals surface area contributed by atoms with Gasteiger partial charge in [0.05, 0.1) is 0 Å². The molecule has 0 aliphatic carbocycles. The second-order valence-corrected chi connectivity index (χ2v) is 3.28. The molecule has 13 heavy (non-hydrogen) atoms. The third-order valence-corrected chi connectivity index (χ3v) is 2.39. The molecule has 0 fully saturated rings. The van der Waals surface area contributed by atoms with Gasteiger partial charge in [0.2, 0.25) is 0 Å². The summed E-state index contributed by atoms with van der Waals surface area (Å²) >= 11 is 0. The number of rotatable bonds is 5. The van der Waals surface area contributed by atoms with Crippen LogP contribution in [-0.2, 0) is 0 Å². The Morgan fingerprint density at radius 3 is 2.23 bits per heavy atom. The third kappa shape index (κ3) is 3.63. The standard InChI is InChI=1S/C13H22/c1-6-10-12(8-3)13(9-4)11(5)7-2/h7-8H,2,6,9-10H2,1,3-5H3/b12-8-,13-11-. The highest BCUT2D eigenvalue weighted by atomic mass is 14.1. The van der Waals surface area contributed by atoms with Crippen LogP contribution < -0.4 is 0 Å². The monoisotopic (exact) mass is 178 g/mol. The summed E-state index contributed by atoms with van der Waals surface area (Å²) in [7, 11) is 0. The smallest absolute Gasteiger partial charge is 0.0282 e. The van der Waals surface area contributed by atoms with E-state index >= 15 is 0 Å². The summed E-state index contributed by atoms with van der Waals surface area (Å²) in [5, 5.41) is 0. The van der Waals surface area contributed by atoms with Crippen LogP contribution in [0.2, 0.25) is 0 Å². The molecule has 0 aromatic rings. The van der Waals surface area contributed by atoms with Gasteiger partial charge in [0, 0.05) is 0 Å². The minimum Gasteiger partial charge on any atom is -0.0988 e. The molecule has 0 unspecified atom stereocenters. The molecular formula is C13H22. The second-order valence-electron chi connectivity index (χ2n) is 3.28. The van der Waals surface area contributed by atoms with Crippen LogP contribution in [0.4, 0.5) is 0 Å². The first-order chi connectivity index (χ1) is 6.21. The van der Waals surface area contributed by atoms with Crippen molar-refractivity contribution in [3.8, 4) is 0 Å². The Morgan fingerprint density at radius 1 is 1.31 bits per heavy atom. The molecule has 0 saturated carbocycles. The zero-order valence-electron chi connectivity index (χ0n) is 9.48. The van der Waals surface area contributed by atoms with Crippen molar-refractivity contribution in [3.63, 3.8) is 0 Å². The first kappa shape index (κ1) is 12.2. The van der Waals surface area contributed by atoms with Crippen LogP contribution in [0.1, 0.15) is 47.0 Å². The molecule has 0 aromatic carbocycles. The van der Waals surface area contributed by atoms with Gasteiger partial charge in [-0.25, -0.2) is 0 Å². The lowest BCUT2D eigenvalue weighted by atomic mass is 9.95. The highest BCUT2D eigenvalue weighted by molar-refractivity contribution is 5.38. The lowest BCUT2D eigenvalue weighted by molar-refractivity contribution is 0.886. The fourth-order valence-corrected chi connectivity index (χ4v) is 1.62. The largest absolute Gasteiger partial charge is 0.0988 e. The summed E-state index contributed by atoms with van der Waals surface area (Å²) < 4.78 is 0. The Balaban J connectivity index is 4.84. The lowest BCUT2D eigenvalue weighted by Crippen LogP contribution is -1.91. The molecule has 0 aromatic heterocycles. The van der Waals surface area contributed by atoms with Gasteiger partial charge in [-0.3, -0.25) is 0 Å². The van der Waals surface area contributed by atoms with E-state index in [1.807, 2.05) is 6.08 Å². The van der Waals surface area contributed by atoms with Crippen LogP contribution in [0.5, 0.6) is 0 Å². The van der Waals surface area contributed by atoms with E-state index in [4.69, 9.17) is 0 Å². The predicted octanol–water partition coefficient (Wildman–Crippen LogP) is 4.65. The SMILES string of the molecule is C=C/C(C)=C(CC)\C(=C/C)CCC. The van der Waals surface area contributed by atoms with Crippen molar-refractivity contribution in [2.24, 2.45) is 0 Å². The van der Waals surface area contributed by atoms with Crippen LogP contribution in [-0.4, -0.2) is 0 Å². The fraction of sp³-hybridized carbons (Fsp3) is 0.538. The summed E-state index contributed by atoms with van der Waals surface area (Å²) in [4.78, 5) is 0. The zero-order chi connectivity index (χ0) is 10.3. The Kier molecular flexibility index (Phi) is 6.30. The van der Waals surface area contributed by atoms with Crippen LogP contribution in [0.3, 0.4) is 0 Å². The molecule has 0 rings (SSSR count). The average molecular weight is 178 g/mol. The third-order valence-electron chi connectivity index (χ3n) is 2.39. The Labute approximate surface area is 83.0 Å². The van der Waals surface area contributed by atoms with E-state index in [-0.39, 0.29) is 0 Å². The van der Waals surface area contributed by atoms with Gasteiger partial charge in [0.1, 0.15) is 0 Å². The van der Waals surface area contributed by atoms with Crippen molar-refractivity contribution < 1.29 is 0 Å².